The van der Waals surface area contributed by atoms with Crippen molar-refractivity contribution in [3.63, 3.8) is 0 Å². The number of alkyl halides is 3. The van der Waals surface area contributed by atoms with Crippen molar-refractivity contribution in [2.24, 2.45) is 0 Å². The first-order valence-corrected chi connectivity index (χ1v) is 4.85. The molecule has 0 aliphatic heterocycles. The monoisotopic (exact) mass is 232 g/mol. The first kappa shape index (κ1) is 11.3. The maximum Gasteiger partial charge on any atom is 0.416 e. The third-order valence-electron chi connectivity index (χ3n) is 2.76. The first-order valence-electron chi connectivity index (χ1n) is 4.85. The van der Waals surface area contributed by atoms with Gasteiger partial charge in [-0.3, -0.25) is 0 Å². The molecule has 1 aromatic carbocycles. The van der Waals surface area contributed by atoms with E-state index in [0.29, 0.717) is 12.8 Å². The van der Waals surface area contributed by atoms with Crippen molar-refractivity contribution in [2.45, 2.75) is 24.6 Å². The molecule has 1 saturated carbocycles. The van der Waals surface area contributed by atoms with Crippen molar-refractivity contribution in [1.82, 2.24) is 0 Å². The lowest BCUT2D eigenvalue weighted by Crippen LogP contribution is -2.16. The van der Waals surface area contributed by atoms with Crippen LogP contribution < -0.4 is 4.74 Å². The van der Waals surface area contributed by atoms with Crippen LogP contribution in [0.25, 0.3) is 0 Å². The normalized spacial score (nSPS) is 18.3. The Kier molecular flexibility index (Phi) is 2.38. The second-order valence-electron chi connectivity index (χ2n) is 3.94. The van der Waals surface area contributed by atoms with E-state index in [1.807, 2.05) is 0 Å². The average molecular weight is 232 g/mol. The zero-order valence-corrected chi connectivity index (χ0v) is 8.64. The minimum Gasteiger partial charge on any atom is -0.497 e. The molecule has 0 saturated heterocycles. The fourth-order valence-electron chi connectivity index (χ4n) is 1.68. The van der Waals surface area contributed by atoms with Crippen molar-refractivity contribution < 1.29 is 23.0 Å². The van der Waals surface area contributed by atoms with E-state index >= 15 is 0 Å². The maximum atomic E-state index is 12.8. The summed E-state index contributed by atoms with van der Waals surface area (Å²) in [7, 11) is 1.31. The van der Waals surface area contributed by atoms with E-state index in [2.05, 4.69) is 0 Å². The topological polar surface area (TPSA) is 29.5 Å². The molecular formula is C11H11F3O2. The Morgan fingerprint density at radius 2 is 1.94 bits per heavy atom. The number of halogens is 3. The van der Waals surface area contributed by atoms with Gasteiger partial charge in [-0.2, -0.15) is 13.2 Å². The predicted octanol–water partition coefficient (Wildman–Crippen LogP) is 2.70. The third-order valence-corrected chi connectivity index (χ3v) is 2.76. The highest BCUT2D eigenvalue weighted by molar-refractivity contribution is 5.42. The fourth-order valence-corrected chi connectivity index (χ4v) is 1.68. The Labute approximate surface area is 90.7 Å². The summed E-state index contributed by atoms with van der Waals surface area (Å²) in [5.41, 5.74) is -2.16. The van der Waals surface area contributed by atoms with Crippen LogP contribution in [0, 0.1) is 0 Å². The van der Waals surface area contributed by atoms with E-state index < -0.39 is 17.3 Å². The van der Waals surface area contributed by atoms with Gasteiger partial charge >= 0.3 is 6.18 Å². The summed E-state index contributed by atoms with van der Waals surface area (Å²) in [5.74, 6) is 0.139. The molecule has 0 atom stereocenters. The highest BCUT2D eigenvalue weighted by atomic mass is 19.4. The minimum absolute atomic E-state index is 0.0548. The molecule has 0 amide bonds. The first-order chi connectivity index (χ1) is 7.37. The highest BCUT2D eigenvalue weighted by Gasteiger charge is 2.48. The molecular weight excluding hydrogens is 221 g/mol. The quantitative estimate of drug-likeness (QED) is 0.849. The fraction of sp³-hybridized carbons (Fsp3) is 0.455. The molecule has 0 spiro atoms. The molecule has 0 unspecified atom stereocenters. The van der Waals surface area contributed by atoms with Crippen molar-refractivity contribution in [1.29, 1.82) is 0 Å². The average Bonchev–Trinajstić information content (AvgIpc) is 2.95. The largest absolute Gasteiger partial charge is 0.497 e. The van der Waals surface area contributed by atoms with Gasteiger partial charge in [0.25, 0.3) is 0 Å². The molecule has 2 rings (SSSR count). The summed E-state index contributed by atoms with van der Waals surface area (Å²) < 4.78 is 43.0. The number of ether oxygens (including phenoxy) is 1. The summed E-state index contributed by atoms with van der Waals surface area (Å²) in [6.07, 6.45) is -3.72. The number of benzene rings is 1. The summed E-state index contributed by atoms with van der Waals surface area (Å²) >= 11 is 0. The molecule has 0 aromatic heterocycles. The standard InChI is InChI=1S/C11H11F3O2/c1-16-7-2-3-8(10(15)4-5-10)9(6-7)11(12,13)14/h2-3,6,15H,4-5H2,1H3. The Morgan fingerprint density at radius 3 is 2.38 bits per heavy atom. The smallest absolute Gasteiger partial charge is 0.416 e. The van der Waals surface area contributed by atoms with Crippen LogP contribution in [0.3, 0.4) is 0 Å². The van der Waals surface area contributed by atoms with Gasteiger partial charge in [-0.1, -0.05) is 6.07 Å². The van der Waals surface area contributed by atoms with Crippen LogP contribution in [-0.4, -0.2) is 12.2 Å². The SMILES string of the molecule is COc1ccc(C2(O)CC2)c(C(F)(F)F)c1. The van der Waals surface area contributed by atoms with Crippen molar-refractivity contribution >= 4 is 0 Å². The van der Waals surface area contributed by atoms with E-state index in [0.717, 1.165) is 6.07 Å². The van der Waals surface area contributed by atoms with Crippen LogP contribution in [0.1, 0.15) is 24.0 Å². The van der Waals surface area contributed by atoms with Crippen molar-refractivity contribution in [3.05, 3.63) is 29.3 Å². The van der Waals surface area contributed by atoms with Crippen LogP contribution in [0.5, 0.6) is 5.75 Å². The van der Waals surface area contributed by atoms with Gasteiger partial charge in [0.05, 0.1) is 18.3 Å². The lowest BCUT2D eigenvalue weighted by Gasteiger charge is -2.17. The summed E-state index contributed by atoms with van der Waals surface area (Å²) in [6, 6.07) is 3.64. The Balaban J connectivity index is 2.52. The molecule has 88 valence electrons. The van der Waals surface area contributed by atoms with E-state index in [4.69, 9.17) is 4.74 Å². The van der Waals surface area contributed by atoms with Gasteiger partial charge in [-0.15, -0.1) is 0 Å². The van der Waals surface area contributed by atoms with Gasteiger partial charge < -0.3 is 9.84 Å². The van der Waals surface area contributed by atoms with Crippen LogP contribution in [0.15, 0.2) is 18.2 Å². The van der Waals surface area contributed by atoms with Crippen molar-refractivity contribution in [3.8, 4) is 5.75 Å². The second-order valence-corrected chi connectivity index (χ2v) is 3.94. The zero-order chi connectivity index (χ0) is 12.0. The number of rotatable bonds is 2. The molecule has 0 radical (unpaired) electrons. The number of hydrogen-bond donors (Lipinski definition) is 1. The zero-order valence-electron chi connectivity index (χ0n) is 8.64. The van der Waals surface area contributed by atoms with Gasteiger partial charge in [-0.25, -0.2) is 0 Å². The number of aliphatic hydroxyl groups is 1. The molecule has 5 heteroatoms. The molecule has 1 aromatic rings. The van der Waals surface area contributed by atoms with E-state index in [1.165, 1.54) is 19.2 Å². The molecule has 1 N–H and O–H groups in total. The van der Waals surface area contributed by atoms with Crippen LogP contribution >= 0.6 is 0 Å². The van der Waals surface area contributed by atoms with Crippen LogP contribution in [0.2, 0.25) is 0 Å². The van der Waals surface area contributed by atoms with Gasteiger partial charge in [0, 0.05) is 0 Å². The third kappa shape index (κ3) is 1.87. The lowest BCUT2D eigenvalue weighted by molar-refractivity contribution is -0.139. The van der Waals surface area contributed by atoms with Gasteiger partial charge in [0.2, 0.25) is 0 Å². The number of hydrogen-bond acceptors (Lipinski definition) is 2. The molecule has 2 nitrogen and oxygen atoms in total. The van der Waals surface area contributed by atoms with Gasteiger partial charge in [0.1, 0.15) is 5.75 Å². The van der Waals surface area contributed by atoms with E-state index in [1.54, 1.807) is 0 Å². The molecule has 16 heavy (non-hydrogen) atoms. The van der Waals surface area contributed by atoms with Crippen LogP contribution in [0.4, 0.5) is 13.2 Å². The Hall–Kier alpha value is -1.23. The predicted molar refractivity (Wildman–Crippen MR) is 51.1 cm³/mol. The Bertz CT molecular complexity index is 408. The Morgan fingerprint density at radius 1 is 1.31 bits per heavy atom. The summed E-state index contributed by atoms with van der Waals surface area (Å²) in [5, 5.41) is 9.77. The molecule has 1 aliphatic carbocycles. The lowest BCUT2D eigenvalue weighted by atomic mass is 10.00. The molecule has 1 aliphatic rings. The second kappa shape index (κ2) is 3.38. The minimum atomic E-state index is -4.47. The van der Waals surface area contributed by atoms with Crippen LogP contribution in [-0.2, 0) is 11.8 Å². The molecule has 0 bridgehead atoms. The van der Waals surface area contributed by atoms with E-state index in [9.17, 15) is 18.3 Å². The maximum absolute atomic E-state index is 12.8. The van der Waals surface area contributed by atoms with Crippen molar-refractivity contribution in [2.75, 3.05) is 7.11 Å². The van der Waals surface area contributed by atoms with Gasteiger partial charge in [0.15, 0.2) is 0 Å². The molecule has 0 heterocycles. The highest BCUT2D eigenvalue weighted by Crippen LogP contribution is 2.50. The van der Waals surface area contributed by atoms with Gasteiger partial charge in [-0.05, 0) is 30.5 Å². The van der Waals surface area contributed by atoms with E-state index in [-0.39, 0.29) is 11.3 Å². The number of methoxy groups -OCH3 is 1. The summed E-state index contributed by atoms with van der Waals surface area (Å²) in [4.78, 5) is 0. The molecule has 1 fully saturated rings. The summed E-state index contributed by atoms with van der Waals surface area (Å²) in [6.45, 7) is 0.